The second kappa shape index (κ2) is 15.3. The molecular weight excluding hydrogens is 462 g/mol. The minimum atomic E-state index is -0.969. The minimum absolute atomic E-state index is 0.258. The molecule has 12 nitrogen and oxygen atoms in total. The molecule has 35 heavy (non-hydrogen) atoms. The maximum Gasteiger partial charge on any atom is 0.336 e. The molecule has 12 heteroatoms. The van der Waals surface area contributed by atoms with E-state index in [0.29, 0.717) is 22.0 Å². The normalized spacial score (nSPS) is 11.4. The Balaban J connectivity index is 3.16. The van der Waals surface area contributed by atoms with Gasteiger partial charge >= 0.3 is 35.0 Å². The van der Waals surface area contributed by atoms with Gasteiger partial charge in [-0.2, -0.15) is 0 Å². The van der Waals surface area contributed by atoms with E-state index in [4.69, 9.17) is 14.2 Å². The first-order valence-electron chi connectivity index (χ1n) is 11.4. The number of nitrogens with zero attached hydrogens (tertiary/aromatic N) is 3. The average Bonchev–Trinajstić information content (AvgIpc) is 2.85. The van der Waals surface area contributed by atoms with Gasteiger partial charge in [0.15, 0.2) is 0 Å². The Morgan fingerprint density at radius 2 is 1.17 bits per heavy atom. The zero-order valence-corrected chi connectivity index (χ0v) is 20.2. The van der Waals surface area contributed by atoms with Gasteiger partial charge in [0.05, 0.1) is 25.6 Å². The first-order chi connectivity index (χ1) is 16.7. The average molecular weight is 496 g/mol. The number of carbonyl (C=O) groups excluding carboxylic acids is 3. The number of esters is 3. The molecule has 0 aliphatic carbocycles. The predicted octanol–water partition coefficient (Wildman–Crippen LogP) is 0.390. The lowest BCUT2D eigenvalue weighted by Gasteiger charge is -2.16. The largest absolute Gasteiger partial charge is 0.464 e. The number of hydrogen-bond donors (Lipinski definition) is 0. The molecule has 0 spiro atoms. The van der Waals surface area contributed by atoms with Crippen LogP contribution in [-0.2, 0) is 48.2 Å². The standard InChI is InChI=1S/C23H33N3O9/c1-5-9-10-17(6-2)20(29)35-16-13-26-22(31)24(11-14-33-18(27)7-3)21(30)25(23(26)32)12-15-34-19(28)8-4/h7-8,17H,3-6,9-16H2,1-2H3. The minimum Gasteiger partial charge on any atom is -0.464 e. The highest BCUT2D eigenvalue weighted by Gasteiger charge is 2.19. The maximum atomic E-state index is 12.9. The van der Waals surface area contributed by atoms with Crippen LogP contribution in [0.4, 0.5) is 0 Å². The summed E-state index contributed by atoms with van der Waals surface area (Å²) >= 11 is 0. The van der Waals surface area contributed by atoms with Gasteiger partial charge in [0.1, 0.15) is 19.8 Å². The molecule has 0 saturated heterocycles. The Bertz CT molecular complexity index is 1020. The van der Waals surface area contributed by atoms with Crippen LogP contribution in [0.1, 0.15) is 39.5 Å². The Kier molecular flexibility index (Phi) is 12.8. The van der Waals surface area contributed by atoms with Gasteiger partial charge in [-0.1, -0.05) is 39.8 Å². The van der Waals surface area contributed by atoms with E-state index < -0.39 is 35.0 Å². The number of rotatable bonds is 16. The van der Waals surface area contributed by atoms with E-state index in [1.807, 2.05) is 13.8 Å². The van der Waals surface area contributed by atoms with Gasteiger partial charge in [-0.3, -0.25) is 4.79 Å². The summed E-state index contributed by atoms with van der Waals surface area (Å²) in [6.45, 7) is 8.52. The number of hydrogen-bond acceptors (Lipinski definition) is 9. The number of unbranched alkanes of at least 4 members (excludes halogenated alkanes) is 1. The lowest BCUT2D eigenvalue weighted by molar-refractivity contribution is -0.149. The van der Waals surface area contributed by atoms with Crippen LogP contribution < -0.4 is 17.1 Å². The highest BCUT2D eigenvalue weighted by atomic mass is 16.5. The fourth-order valence-electron chi connectivity index (χ4n) is 3.14. The number of aromatic nitrogens is 3. The van der Waals surface area contributed by atoms with Crippen molar-refractivity contribution in [2.45, 2.75) is 59.2 Å². The van der Waals surface area contributed by atoms with E-state index in [9.17, 15) is 28.8 Å². The second-order valence-corrected chi connectivity index (χ2v) is 7.46. The summed E-state index contributed by atoms with van der Waals surface area (Å²) in [6, 6.07) is 0. The molecule has 0 saturated carbocycles. The Morgan fingerprint density at radius 1 is 0.771 bits per heavy atom. The highest BCUT2D eigenvalue weighted by molar-refractivity contribution is 5.81. The van der Waals surface area contributed by atoms with Crippen molar-refractivity contribution in [2.24, 2.45) is 5.92 Å². The van der Waals surface area contributed by atoms with Gasteiger partial charge in [-0.05, 0) is 12.8 Å². The van der Waals surface area contributed by atoms with E-state index in [2.05, 4.69) is 13.2 Å². The molecule has 1 aromatic rings. The van der Waals surface area contributed by atoms with Crippen molar-refractivity contribution in [1.82, 2.24) is 13.7 Å². The van der Waals surface area contributed by atoms with Gasteiger partial charge in [0.25, 0.3) is 0 Å². The molecule has 1 heterocycles. The molecule has 1 rings (SSSR count). The van der Waals surface area contributed by atoms with Gasteiger partial charge in [0.2, 0.25) is 0 Å². The molecule has 0 bridgehead atoms. The topological polar surface area (TPSA) is 145 Å². The maximum absolute atomic E-state index is 12.9. The molecule has 1 unspecified atom stereocenters. The van der Waals surface area contributed by atoms with Crippen LogP contribution in [0.3, 0.4) is 0 Å². The summed E-state index contributed by atoms with van der Waals surface area (Å²) in [6.07, 6.45) is 4.93. The van der Waals surface area contributed by atoms with Gasteiger partial charge < -0.3 is 14.2 Å². The molecule has 1 aromatic heterocycles. The van der Waals surface area contributed by atoms with E-state index >= 15 is 0 Å². The third-order valence-corrected chi connectivity index (χ3v) is 5.13. The molecule has 0 aliphatic rings. The van der Waals surface area contributed by atoms with Crippen molar-refractivity contribution in [2.75, 3.05) is 19.8 Å². The smallest absolute Gasteiger partial charge is 0.336 e. The summed E-state index contributed by atoms with van der Waals surface area (Å²) in [5.41, 5.74) is -2.88. The fourth-order valence-corrected chi connectivity index (χ4v) is 3.14. The van der Waals surface area contributed by atoms with Crippen molar-refractivity contribution in [3.8, 4) is 0 Å². The Morgan fingerprint density at radius 3 is 1.51 bits per heavy atom. The van der Waals surface area contributed by atoms with Crippen LogP contribution in [0.25, 0.3) is 0 Å². The Labute approximate surface area is 202 Å². The lowest BCUT2D eigenvalue weighted by Crippen LogP contribution is -2.55. The Hall–Kier alpha value is -3.70. The van der Waals surface area contributed by atoms with Crippen LogP contribution in [0.2, 0.25) is 0 Å². The van der Waals surface area contributed by atoms with Gasteiger partial charge in [-0.15, -0.1) is 0 Å². The number of carbonyl (C=O) groups is 3. The summed E-state index contributed by atoms with van der Waals surface area (Å²) in [5.74, 6) is -2.20. The van der Waals surface area contributed by atoms with Crippen molar-refractivity contribution in [3.05, 3.63) is 56.8 Å². The lowest BCUT2D eigenvalue weighted by atomic mass is 10.00. The molecule has 0 amide bonds. The third kappa shape index (κ3) is 8.87. The first-order valence-corrected chi connectivity index (χ1v) is 11.4. The van der Waals surface area contributed by atoms with E-state index in [0.717, 1.165) is 29.6 Å². The van der Waals surface area contributed by atoms with Crippen molar-refractivity contribution in [3.63, 3.8) is 0 Å². The van der Waals surface area contributed by atoms with E-state index in [-0.39, 0.29) is 45.4 Å². The van der Waals surface area contributed by atoms with E-state index in [1.54, 1.807) is 0 Å². The molecule has 1 atom stereocenters. The summed E-state index contributed by atoms with van der Waals surface area (Å²) in [5, 5.41) is 0. The molecule has 0 fully saturated rings. The third-order valence-electron chi connectivity index (χ3n) is 5.13. The van der Waals surface area contributed by atoms with Crippen molar-refractivity contribution < 1.29 is 28.6 Å². The molecule has 0 radical (unpaired) electrons. The summed E-state index contributed by atoms with van der Waals surface area (Å²) < 4.78 is 17.1. The highest BCUT2D eigenvalue weighted by Crippen LogP contribution is 2.14. The molecule has 0 N–H and O–H groups in total. The monoisotopic (exact) mass is 495 g/mol. The summed E-state index contributed by atoms with van der Waals surface area (Å²) in [4.78, 5) is 73.4. The first kappa shape index (κ1) is 29.3. The van der Waals surface area contributed by atoms with Gasteiger partial charge in [-0.25, -0.2) is 37.7 Å². The van der Waals surface area contributed by atoms with Crippen LogP contribution in [-0.4, -0.2) is 51.4 Å². The zero-order valence-electron chi connectivity index (χ0n) is 20.2. The quantitative estimate of drug-likeness (QED) is 0.181. The molecule has 194 valence electrons. The molecule has 0 aromatic carbocycles. The zero-order chi connectivity index (χ0) is 26.4. The van der Waals surface area contributed by atoms with Crippen LogP contribution in [0.15, 0.2) is 39.7 Å². The van der Waals surface area contributed by atoms with Crippen LogP contribution in [0, 0.1) is 5.92 Å². The van der Waals surface area contributed by atoms with Crippen LogP contribution >= 0.6 is 0 Å². The van der Waals surface area contributed by atoms with Gasteiger partial charge in [0, 0.05) is 12.2 Å². The van der Waals surface area contributed by atoms with E-state index in [1.165, 1.54) is 0 Å². The molecular formula is C23H33N3O9. The van der Waals surface area contributed by atoms with Crippen LogP contribution in [0.5, 0.6) is 0 Å². The molecule has 0 aliphatic heterocycles. The SMILES string of the molecule is C=CC(=O)OCCn1c(=O)n(CCOC(=O)C=C)c(=O)n(CCOC(=O)C(CC)CCCC)c1=O. The fraction of sp³-hybridized carbons (Fsp3) is 0.565. The van der Waals surface area contributed by atoms with Crippen molar-refractivity contribution >= 4 is 17.9 Å². The van der Waals surface area contributed by atoms with Crippen molar-refractivity contribution in [1.29, 1.82) is 0 Å². The predicted molar refractivity (Wildman–Crippen MR) is 126 cm³/mol. The summed E-state index contributed by atoms with van der Waals surface area (Å²) in [7, 11) is 0. The number of ether oxygens (including phenoxy) is 3. The second-order valence-electron chi connectivity index (χ2n) is 7.46.